The molecule has 0 bridgehead atoms. The van der Waals surface area contributed by atoms with Crippen LogP contribution >= 0.6 is 0 Å². The number of nitrogens with one attached hydrogen (secondary N) is 1. The molecule has 108 valence electrons. The minimum Gasteiger partial charge on any atom is -0.395 e. The summed E-state index contributed by atoms with van der Waals surface area (Å²) in [6.45, 7) is 3.91. The van der Waals surface area contributed by atoms with Crippen LogP contribution in [0.1, 0.15) is 46.0 Å². The van der Waals surface area contributed by atoms with Gasteiger partial charge in [-0.3, -0.25) is 0 Å². The SMILES string of the molecule is CC(C)CC(CO)NC1CCCCC1C(F)(F)F. The van der Waals surface area contributed by atoms with E-state index in [0.717, 1.165) is 6.42 Å². The van der Waals surface area contributed by atoms with Crippen molar-refractivity contribution in [2.75, 3.05) is 6.61 Å². The highest BCUT2D eigenvalue weighted by molar-refractivity contribution is 4.87. The van der Waals surface area contributed by atoms with Crippen molar-refractivity contribution in [1.82, 2.24) is 5.32 Å². The van der Waals surface area contributed by atoms with E-state index in [9.17, 15) is 18.3 Å². The number of hydrogen-bond acceptors (Lipinski definition) is 2. The Morgan fingerprint density at radius 1 is 1.22 bits per heavy atom. The number of aliphatic hydroxyl groups is 1. The number of hydrogen-bond donors (Lipinski definition) is 2. The minimum atomic E-state index is -4.13. The minimum absolute atomic E-state index is 0.0980. The summed E-state index contributed by atoms with van der Waals surface area (Å²) in [5, 5.41) is 12.3. The zero-order valence-corrected chi connectivity index (χ0v) is 11.1. The molecule has 1 aliphatic carbocycles. The van der Waals surface area contributed by atoms with Gasteiger partial charge in [0.1, 0.15) is 0 Å². The summed E-state index contributed by atoms with van der Waals surface area (Å²) in [6.07, 6.45) is -1.17. The van der Waals surface area contributed by atoms with E-state index in [2.05, 4.69) is 5.32 Å². The van der Waals surface area contributed by atoms with Crippen LogP contribution in [0, 0.1) is 11.8 Å². The smallest absolute Gasteiger partial charge is 0.393 e. The molecule has 0 aromatic carbocycles. The first kappa shape index (κ1) is 15.8. The first-order valence-corrected chi connectivity index (χ1v) is 6.78. The first-order valence-electron chi connectivity index (χ1n) is 6.78. The van der Waals surface area contributed by atoms with Crippen LogP contribution in [0.2, 0.25) is 0 Å². The predicted molar refractivity (Wildman–Crippen MR) is 65.3 cm³/mol. The van der Waals surface area contributed by atoms with Crippen LogP contribution in [-0.2, 0) is 0 Å². The number of rotatable bonds is 5. The van der Waals surface area contributed by atoms with Crippen molar-refractivity contribution in [3.05, 3.63) is 0 Å². The van der Waals surface area contributed by atoms with E-state index < -0.39 is 18.1 Å². The maximum Gasteiger partial charge on any atom is 0.393 e. The topological polar surface area (TPSA) is 32.3 Å². The molecule has 0 aliphatic heterocycles. The van der Waals surface area contributed by atoms with E-state index in [0.29, 0.717) is 25.2 Å². The zero-order chi connectivity index (χ0) is 13.8. The summed E-state index contributed by atoms with van der Waals surface area (Å²) in [5.41, 5.74) is 0. The van der Waals surface area contributed by atoms with Gasteiger partial charge in [0.2, 0.25) is 0 Å². The van der Waals surface area contributed by atoms with Crippen LogP contribution in [-0.4, -0.2) is 30.0 Å². The summed E-state index contributed by atoms with van der Waals surface area (Å²) in [7, 11) is 0. The van der Waals surface area contributed by atoms with Gasteiger partial charge in [0, 0.05) is 12.1 Å². The van der Waals surface area contributed by atoms with E-state index >= 15 is 0 Å². The molecular weight excluding hydrogens is 243 g/mol. The third-order valence-corrected chi connectivity index (χ3v) is 3.61. The maximum atomic E-state index is 12.9. The monoisotopic (exact) mass is 267 g/mol. The van der Waals surface area contributed by atoms with Crippen molar-refractivity contribution in [2.24, 2.45) is 11.8 Å². The van der Waals surface area contributed by atoms with Crippen LogP contribution in [0.3, 0.4) is 0 Å². The van der Waals surface area contributed by atoms with Crippen molar-refractivity contribution in [2.45, 2.75) is 64.2 Å². The standard InChI is InChI=1S/C13H24F3NO/c1-9(2)7-10(8-18)17-12-6-4-3-5-11(12)13(14,15)16/h9-12,17-18H,3-8H2,1-2H3. The summed E-state index contributed by atoms with van der Waals surface area (Å²) in [4.78, 5) is 0. The molecule has 0 aromatic heterocycles. The van der Waals surface area contributed by atoms with Crippen LogP contribution in [0.15, 0.2) is 0 Å². The molecule has 1 rings (SSSR count). The van der Waals surface area contributed by atoms with E-state index in [1.54, 1.807) is 0 Å². The maximum absolute atomic E-state index is 12.9. The third-order valence-electron chi connectivity index (χ3n) is 3.61. The quantitative estimate of drug-likeness (QED) is 0.802. The van der Waals surface area contributed by atoms with Gasteiger partial charge in [0.25, 0.3) is 0 Å². The van der Waals surface area contributed by atoms with Crippen LogP contribution in [0.25, 0.3) is 0 Å². The molecule has 3 atom stereocenters. The number of aliphatic hydroxyl groups excluding tert-OH is 1. The molecule has 3 unspecified atom stereocenters. The summed E-state index contributed by atoms with van der Waals surface area (Å²) < 4.78 is 38.7. The average molecular weight is 267 g/mol. The van der Waals surface area contributed by atoms with Crippen molar-refractivity contribution in [1.29, 1.82) is 0 Å². The Bertz CT molecular complexity index is 243. The Balaban J connectivity index is 2.60. The van der Waals surface area contributed by atoms with E-state index in [4.69, 9.17) is 0 Å². The molecule has 0 radical (unpaired) electrons. The van der Waals surface area contributed by atoms with Gasteiger partial charge in [-0.25, -0.2) is 0 Å². The van der Waals surface area contributed by atoms with Crippen molar-refractivity contribution < 1.29 is 18.3 Å². The average Bonchev–Trinajstić information content (AvgIpc) is 2.26. The van der Waals surface area contributed by atoms with E-state index in [1.807, 2.05) is 13.8 Å². The highest BCUT2D eigenvalue weighted by Crippen LogP contribution is 2.38. The molecule has 0 amide bonds. The summed E-state index contributed by atoms with van der Waals surface area (Å²) >= 11 is 0. The van der Waals surface area contributed by atoms with E-state index in [1.165, 1.54) is 0 Å². The lowest BCUT2D eigenvalue weighted by Crippen LogP contribution is -2.50. The van der Waals surface area contributed by atoms with Crippen molar-refractivity contribution >= 4 is 0 Å². The fourth-order valence-electron chi connectivity index (χ4n) is 2.79. The number of alkyl halides is 3. The molecule has 0 saturated heterocycles. The summed E-state index contributed by atoms with van der Waals surface area (Å²) in [6, 6.07) is -0.757. The molecule has 2 N–H and O–H groups in total. The largest absolute Gasteiger partial charge is 0.395 e. The Morgan fingerprint density at radius 3 is 2.33 bits per heavy atom. The molecule has 5 heteroatoms. The Labute approximate surface area is 107 Å². The van der Waals surface area contributed by atoms with Gasteiger partial charge in [-0.05, 0) is 25.2 Å². The van der Waals surface area contributed by atoms with Crippen LogP contribution < -0.4 is 5.32 Å². The van der Waals surface area contributed by atoms with Crippen LogP contribution in [0.5, 0.6) is 0 Å². The third kappa shape index (κ3) is 4.76. The van der Waals surface area contributed by atoms with Gasteiger partial charge in [-0.15, -0.1) is 0 Å². The molecule has 0 heterocycles. The molecule has 0 aromatic rings. The van der Waals surface area contributed by atoms with Crippen molar-refractivity contribution in [3.8, 4) is 0 Å². The molecular formula is C13H24F3NO. The zero-order valence-electron chi connectivity index (χ0n) is 11.1. The predicted octanol–water partition coefficient (Wildman–Crippen LogP) is 3.10. The van der Waals surface area contributed by atoms with Gasteiger partial charge < -0.3 is 10.4 Å². The number of halogens is 3. The molecule has 1 saturated carbocycles. The Morgan fingerprint density at radius 2 is 1.83 bits per heavy atom. The first-order chi connectivity index (χ1) is 8.34. The second kappa shape index (κ2) is 6.75. The normalized spacial score (nSPS) is 27.5. The molecule has 2 nitrogen and oxygen atoms in total. The van der Waals surface area contributed by atoms with Crippen molar-refractivity contribution in [3.63, 3.8) is 0 Å². The fraction of sp³-hybridized carbons (Fsp3) is 1.00. The van der Waals surface area contributed by atoms with Gasteiger partial charge >= 0.3 is 6.18 Å². The lowest BCUT2D eigenvalue weighted by molar-refractivity contribution is -0.189. The second-order valence-electron chi connectivity index (χ2n) is 5.71. The Kier molecular flexibility index (Phi) is 5.92. The highest BCUT2D eigenvalue weighted by atomic mass is 19.4. The highest BCUT2D eigenvalue weighted by Gasteiger charge is 2.45. The van der Waals surface area contributed by atoms with Gasteiger partial charge in [-0.1, -0.05) is 26.7 Å². The lowest BCUT2D eigenvalue weighted by Gasteiger charge is -2.36. The molecule has 1 fully saturated rings. The molecule has 1 aliphatic rings. The molecule has 18 heavy (non-hydrogen) atoms. The lowest BCUT2D eigenvalue weighted by atomic mass is 9.83. The van der Waals surface area contributed by atoms with Gasteiger partial charge in [0.05, 0.1) is 12.5 Å². The fourth-order valence-corrected chi connectivity index (χ4v) is 2.79. The second-order valence-corrected chi connectivity index (χ2v) is 5.71. The Hall–Kier alpha value is -0.290. The van der Waals surface area contributed by atoms with Gasteiger partial charge in [-0.2, -0.15) is 13.2 Å². The molecule has 0 spiro atoms. The summed E-state index contributed by atoms with van der Waals surface area (Å²) in [5.74, 6) is -0.893. The van der Waals surface area contributed by atoms with Crippen LogP contribution in [0.4, 0.5) is 13.2 Å². The van der Waals surface area contributed by atoms with E-state index in [-0.39, 0.29) is 19.1 Å². The van der Waals surface area contributed by atoms with Gasteiger partial charge in [0.15, 0.2) is 0 Å².